The number of hydrogen-bond donors (Lipinski definition) is 1. The molecule has 1 heterocycles. The fourth-order valence-corrected chi connectivity index (χ4v) is 1.79. The van der Waals surface area contributed by atoms with Crippen molar-refractivity contribution in [2.24, 2.45) is 0 Å². The van der Waals surface area contributed by atoms with Crippen LogP contribution in [0, 0.1) is 6.92 Å². The van der Waals surface area contributed by atoms with Crippen molar-refractivity contribution in [3.05, 3.63) is 52.8 Å². The number of rotatable bonds is 3. The van der Waals surface area contributed by atoms with Gasteiger partial charge in [-0.15, -0.1) is 0 Å². The molecule has 0 fully saturated rings. The monoisotopic (exact) mass is 262 g/mol. The lowest BCUT2D eigenvalue weighted by Crippen LogP contribution is -1.84. The van der Waals surface area contributed by atoms with Gasteiger partial charge < -0.3 is 9.52 Å². The summed E-state index contributed by atoms with van der Waals surface area (Å²) in [6, 6.07) is 9.08. The van der Waals surface area contributed by atoms with Crippen LogP contribution in [0.2, 0.25) is 5.02 Å². The Kier molecular flexibility index (Phi) is 3.53. The molecule has 18 heavy (non-hydrogen) atoms. The van der Waals surface area contributed by atoms with Gasteiger partial charge in [-0.1, -0.05) is 23.7 Å². The molecule has 0 atom stereocenters. The largest absolute Gasteiger partial charge is 0.478 e. The van der Waals surface area contributed by atoms with Gasteiger partial charge in [-0.3, -0.25) is 0 Å². The van der Waals surface area contributed by atoms with Gasteiger partial charge in [-0.2, -0.15) is 0 Å². The van der Waals surface area contributed by atoms with Gasteiger partial charge in [0.05, 0.1) is 0 Å². The van der Waals surface area contributed by atoms with E-state index < -0.39 is 5.97 Å². The average Bonchev–Trinajstić information content (AvgIpc) is 2.78. The predicted octanol–water partition coefficient (Wildman–Crippen LogP) is 4.01. The van der Waals surface area contributed by atoms with Crippen LogP contribution in [0.3, 0.4) is 0 Å². The molecule has 0 aliphatic carbocycles. The lowest BCUT2D eigenvalue weighted by atomic mass is 10.1. The summed E-state index contributed by atoms with van der Waals surface area (Å²) in [5.74, 6) is 0.152. The van der Waals surface area contributed by atoms with E-state index in [1.807, 2.05) is 25.1 Å². The normalized spacial score (nSPS) is 11.0. The molecule has 0 amide bonds. The van der Waals surface area contributed by atoms with Gasteiger partial charge in [0.15, 0.2) is 0 Å². The molecule has 0 spiro atoms. The first-order valence-corrected chi connectivity index (χ1v) is 5.72. The van der Waals surface area contributed by atoms with Crippen LogP contribution >= 0.6 is 11.6 Å². The van der Waals surface area contributed by atoms with Crippen molar-refractivity contribution in [1.29, 1.82) is 0 Å². The summed E-state index contributed by atoms with van der Waals surface area (Å²) in [4.78, 5) is 10.4. The molecule has 0 bridgehead atoms. The molecule has 0 radical (unpaired) electrons. The molecule has 4 heteroatoms. The van der Waals surface area contributed by atoms with E-state index in [-0.39, 0.29) is 0 Å². The zero-order chi connectivity index (χ0) is 13.1. The van der Waals surface area contributed by atoms with Gasteiger partial charge >= 0.3 is 5.97 Å². The minimum Gasteiger partial charge on any atom is -0.478 e. The van der Waals surface area contributed by atoms with Crippen LogP contribution in [0.15, 0.2) is 40.8 Å². The summed E-state index contributed by atoms with van der Waals surface area (Å²) in [6.45, 7) is 1.91. The van der Waals surface area contributed by atoms with E-state index in [9.17, 15) is 4.79 Å². The maximum absolute atomic E-state index is 10.4. The van der Waals surface area contributed by atoms with E-state index in [4.69, 9.17) is 21.1 Å². The summed E-state index contributed by atoms with van der Waals surface area (Å²) >= 11 is 6.04. The molecule has 1 aromatic carbocycles. The fourth-order valence-electron chi connectivity index (χ4n) is 1.61. The molecule has 0 saturated heterocycles. The molecule has 1 aromatic heterocycles. The first-order valence-electron chi connectivity index (χ1n) is 5.34. The van der Waals surface area contributed by atoms with E-state index in [1.165, 1.54) is 6.08 Å². The Morgan fingerprint density at radius 2 is 2.11 bits per heavy atom. The van der Waals surface area contributed by atoms with Crippen molar-refractivity contribution in [3.63, 3.8) is 0 Å². The molecule has 0 saturated carbocycles. The molecule has 0 aliphatic heterocycles. The van der Waals surface area contributed by atoms with Crippen LogP contribution in [0.1, 0.15) is 11.3 Å². The Morgan fingerprint density at radius 1 is 1.33 bits per heavy atom. The van der Waals surface area contributed by atoms with Crippen LogP contribution in [0.4, 0.5) is 0 Å². The number of carboxylic acid groups (broad SMARTS) is 1. The lowest BCUT2D eigenvalue weighted by molar-refractivity contribution is -0.131. The second-order valence-corrected chi connectivity index (χ2v) is 4.19. The highest BCUT2D eigenvalue weighted by Gasteiger charge is 2.08. The van der Waals surface area contributed by atoms with Crippen LogP contribution in [0.5, 0.6) is 0 Å². The van der Waals surface area contributed by atoms with Gasteiger partial charge in [0.2, 0.25) is 0 Å². The minimum absolute atomic E-state index is 0.492. The van der Waals surface area contributed by atoms with E-state index in [1.54, 1.807) is 12.1 Å². The molecular weight excluding hydrogens is 252 g/mol. The Bertz CT molecular complexity index is 611. The van der Waals surface area contributed by atoms with Gasteiger partial charge in [-0.25, -0.2) is 4.79 Å². The number of carboxylic acids is 1. The Balaban J connectivity index is 2.35. The molecule has 2 rings (SSSR count). The molecule has 0 unspecified atom stereocenters. The van der Waals surface area contributed by atoms with Crippen LogP contribution in [0.25, 0.3) is 17.4 Å². The standard InChI is InChI=1S/C14H11ClO3/c1-9-11(3-2-4-12(9)15)13-7-5-10(18-13)6-8-14(16)17/h2-8H,1H3,(H,16,17)/b8-6+. The van der Waals surface area contributed by atoms with E-state index in [2.05, 4.69) is 0 Å². The highest BCUT2D eigenvalue weighted by Crippen LogP contribution is 2.29. The summed E-state index contributed by atoms with van der Waals surface area (Å²) in [5.41, 5.74) is 1.83. The van der Waals surface area contributed by atoms with Crippen molar-refractivity contribution < 1.29 is 14.3 Å². The molecule has 2 aromatic rings. The SMILES string of the molecule is Cc1c(Cl)cccc1-c1ccc(/C=C/C(=O)O)o1. The van der Waals surface area contributed by atoms with Gasteiger partial charge in [0, 0.05) is 16.7 Å². The molecule has 3 nitrogen and oxygen atoms in total. The topological polar surface area (TPSA) is 50.4 Å². The van der Waals surface area contributed by atoms with E-state index in [0.29, 0.717) is 16.5 Å². The van der Waals surface area contributed by atoms with Gasteiger partial charge in [-0.05, 0) is 36.8 Å². The maximum Gasteiger partial charge on any atom is 0.328 e. The second kappa shape index (κ2) is 5.10. The van der Waals surface area contributed by atoms with Crippen molar-refractivity contribution in [2.75, 3.05) is 0 Å². The van der Waals surface area contributed by atoms with Gasteiger partial charge in [0.25, 0.3) is 0 Å². The zero-order valence-electron chi connectivity index (χ0n) is 9.68. The van der Waals surface area contributed by atoms with Crippen molar-refractivity contribution in [1.82, 2.24) is 0 Å². The Morgan fingerprint density at radius 3 is 2.83 bits per heavy atom. The number of hydrogen-bond acceptors (Lipinski definition) is 2. The maximum atomic E-state index is 10.4. The third kappa shape index (κ3) is 2.63. The van der Waals surface area contributed by atoms with Crippen molar-refractivity contribution in [2.45, 2.75) is 6.92 Å². The van der Waals surface area contributed by atoms with Crippen LogP contribution in [-0.4, -0.2) is 11.1 Å². The van der Waals surface area contributed by atoms with Crippen LogP contribution in [-0.2, 0) is 4.79 Å². The quantitative estimate of drug-likeness (QED) is 0.851. The van der Waals surface area contributed by atoms with E-state index >= 15 is 0 Å². The third-order valence-electron chi connectivity index (χ3n) is 2.55. The first kappa shape index (κ1) is 12.5. The number of halogens is 1. The minimum atomic E-state index is -1.01. The molecular formula is C14H11ClO3. The summed E-state index contributed by atoms with van der Waals surface area (Å²) in [6.07, 6.45) is 2.44. The van der Waals surface area contributed by atoms with Gasteiger partial charge in [0.1, 0.15) is 11.5 Å². The van der Waals surface area contributed by atoms with Crippen molar-refractivity contribution >= 4 is 23.6 Å². The molecule has 92 valence electrons. The second-order valence-electron chi connectivity index (χ2n) is 3.79. The highest BCUT2D eigenvalue weighted by molar-refractivity contribution is 6.31. The summed E-state index contributed by atoms with van der Waals surface area (Å²) in [7, 11) is 0. The predicted molar refractivity (Wildman–Crippen MR) is 70.6 cm³/mol. The Labute approximate surface area is 109 Å². The van der Waals surface area contributed by atoms with E-state index in [0.717, 1.165) is 17.2 Å². The summed E-state index contributed by atoms with van der Waals surface area (Å²) in [5, 5.41) is 9.21. The third-order valence-corrected chi connectivity index (χ3v) is 2.96. The summed E-state index contributed by atoms with van der Waals surface area (Å²) < 4.78 is 5.55. The molecule has 1 N–H and O–H groups in total. The Hall–Kier alpha value is -2.00. The molecule has 0 aliphatic rings. The lowest BCUT2D eigenvalue weighted by Gasteiger charge is -2.03. The smallest absolute Gasteiger partial charge is 0.328 e. The number of aliphatic carboxylic acids is 1. The highest BCUT2D eigenvalue weighted by atomic mass is 35.5. The first-order chi connectivity index (χ1) is 8.58. The number of carbonyl (C=O) groups is 1. The van der Waals surface area contributed by atoms with Crippen LogP contribution < -0.4 is 0 Å². The number of furan rings is 1. The average molecular weight is 263 g/mol. The zero-order valence-corrected chi connectivity index (χ0v) is 10.4. The number of benzene rings is 1. The fraction of sp³-hybridized carbons (Fsp3) is 0.0714. The van der Waals surface area contributed by atoms with Crippen molar-refractivity contribution in [3.8, 4) is 11.3 Å².